The van der Waals surface area contributed by atoms with Gasteiger partial charge in [0.05, 0.1) is 0 Å². The molecule has 1 fully saturated rings. The van der Waals surface area contributed by atoms with Crippen LogP contribution in [0.5, 0.6) is 0 Å². The molecule has 1 rings (SSSR count). The number of hydrogen-bond acceptors (Lipinski definition) is 1. The molecule has 0 spiro atoms. The van der Waals surface area contributed by atoms with Gasteiger partial charge in [-0.05, 0) is 0 Å². The molecule has 3 heteroatoms. The molecule has 0 aromatic heterocycles. The van der Waals surface area contributed by atoms with Crippen LogP contribution in [0.4, 0.5) is 0 Å². The van der Waals surface area contributed by atoms with Gasteiger partial charge in [0.1, 0.15) is 0 Å². The van der Waals surface area contributed by atoms with Crippen molar-refractivity contribution in [1.82, 2.24) is 4.81 Å². The van der Waals surface area contributed by atoms with Gasteiger partial charge in [0.15, 0.2) is 0 Å². The molecule has 1 aliphatic rings. The van der Waals surface area contributed by atoms with Crippen molar-refractivity contribution in [3.05, 3.63) is 0 Å². The van der Waals surface area contributed by atoms with E-state index in [1.165, 1.54) is 19.3 Å². The van der Waals surface area contributed by atoms with Crippen LogP contribution >= 0.6 is 0 Å². The summed E-state index contributed by atoms with van der Waals surface area (Å²) in [4.78, 5) is 7.13. The van der Waals surface area contributed by atoms with Gasteiger partial charge >= 0.3 is 101 Å². The fraction of sp³-hybridized carbons (Fsp3) is 1.00. The molecule has 2 nitrogen and oxygen atoms in total. The van der Waals surface area contributed by atoms with E-state index in [0.29, 0.717) is 0 Å². The summed E-state index contributed by atoms with van der Waals surface area (Å²) in [6, 6.07) is 0. The van der Waals surface area contributed by atoms with Crippen molar-refractivity contribution in [2.45, 2.75) is 84.3 Å². The Balaban J connectivity index is 2.92. The molecule has 1 saturated heterocycles. The number of rotatable bonds is 1. The molecule has 0 aromatic carbocycles. The van der Waals surface area contributed by atoms with E-state index in [-0.39, 0.29) is 16.6 Å². The van der Waals surface area contributed by atoms with E-state index in [2.05, 4.69) is 65.4 Å². The maximum atomic E-state index is 4.67. The third-order valence-electron chi connectivity index (χ3n) is 3.44. The van der Waals surface area contributed by atoms with Crippen molar-refractivity contribution in [3.8, 4) is 0 Å². The van der Waals surface area contributed by atoms with Crippen molar-refractivity contribution in [1.29, 1.82) is 0 Å². The van der Waals surface area contributed by atoms with Gasteiger partial charge in [0.2, 0.25) is 0 Å². The average Bonchev–Trinajstić information content (AvgIpc) is 1.97. The van der Waals surface area contributed by atoms with Crippen LogP contribution in [0.25, 0.3) is 0 Å². The van der Waals surface area contributed by atoms with E-state index < -0.39 is 0 Å². The Bertz CT molecular complexity index is 258. The second-order valence-corrected chi connectivity index (χ2v) is 7.26. The van der Waals surface area contributed by atoms with E-state index in [1.807, 2.05) is 0 Å². The van der Waals surface area contributed by atoms with Crippen LogP contribution in [0.1, 0.15) is 67.7 Å². The zero-order valence-electron chi connectivity index (χ0n) is 12.1. The van der Waals surface area contributed by atoms with Gasteiger partial charge in [0, 0.05) is 0 Å². The molecule has 0 N–H and O–H groups in total. The molecule has 0 amide bonds. The Kier molecular flexibility index (Phi) is 3.57. The SMILES string of the molecule is CC(C)(C)N=BN1C(C)(C)CCCC1(C)C. The van der Waals surface area contributed by atoms with Gasteiger partial charge in [-0.2, -0.15) is 0 Å². The van der Waals surface area contributed by atoms with E-state index in [4.69, 9.17) is 0 Å². The van der Waals surface area contributed by atoms with Gasteiger partial charge in [-0.3, -0.25) is 0 Å². The van der Waals surface area contributed by atoms with Crippen LogP contribution in [0.3, 0.4) is 0 Å². The number of nitrogens with zero attached hydrogens (tertiary/aromatic N) is 2. The summed E-state index contributed by atoms with van der Waals surface area (Å²) >= 11 is 0. The quantitative estimate of drug-likeness (QED) is 0.618. The molecule has 92 valence electrons. The third kappa shape index (κ3) is 3.33. The van der Waals surface area contributed by atoms with Gasteiger partial charge < -0.3 is 0 Å². The summed E-state index contributed by atoms with van der Waals surface area (Å²) in [5.74, 6) is 0. The zero-order chi connectivity index (χ0) is 12.6. The van der Waals surface area contributed by atoms with Crippen molar-refractivity contribution in [3.63, 3.8) is 0 Å². The zero-order valence-corrected chi connectivity index (χ0v) is 12.1. The van der Waals surface area contributed by atoms with Gasteiger partial charge in [-0.25, -0.2) is 0 Å². The first kappa shape index (κ1) is 13.7. The maximum absolute atomic E-state index is 4.67. The minimum atomic E-state index is 0.0175. The molecule has 0 unspecified atom stereocenters. The van der Waals surface area contributed by atoms with Crippen LogP contribution < -0.4 is 0 Å². The number of hydrogen-bond donors (Lipinski definition) is 0. The first-order valence-electron chi connectivity index (χ1n) is 6.39. The Morgan fingerprint density at radius 2 is 1.44 bits per heavy atom. The first-order chi connectivity index (χ1) is 7.05. The topological polar surface area (TPSA) is 15.6 Å². The van der Waals surface area contributed by atoms with Crippen LogP contribution in [-0.2, 0) is 0 Å². The molecule has 1 heterocycles. The minimum absolute atomic E-state index is 0.0175. The van der Waals surface area contributed by atoms with E-state index >= 15 is 0 Å². The second-order valence-electron chi connectivity index (χ2n) is 7.26. The molecule has 1 aliphatic heterocycles. The summed E-state index contributed by atoms with van der Waals surface area (Å²) in [5.41, 5.74) is 0.483. The molecule has 0 bridgehead atoms. The van der Waals surface area contributed by atoms with Crippen molar-refractivity contribution >= 4 is 7.21 Å². The molecule has 0 radical (unpaired) electrons. The van der Waals surface area contributed by atoms with Crippen LogP contribution in [0.15, 0.2) is 4.90 Å². The summed E-state index contributed by atoms with van der Waals surface area (Å²) in [7, 11) is 2.08. The summed E-state index contributed by atoms with van der Waals surface area (Å²) in [5, 5.41) is 0. The third-order valence-corrected chi connectivity index (χ3v) is 3.44. The Morgan fingerprint density at radius 3 is 1.81 bits per heavy atom. The summed E-state index contributed by atoms with van der Waals surface area (Å²) < 4.78 is 0. The second kappa shape index (κ2) is 4.16. The Labute approximate surface area is 102 Å². The predicted octanol–water partition coefficient (Wildman–Crippen LogP) is 3.63. The van der Waals surface area contributed by atoms with Crippen LogP contribution in [0.2, 0.25) is 0 Å². The predicted molar refractivity (Wildman–Crippen MR) is 71.8 cm³/mol. The van der Waals surface area contributed by atoms with E-state index in [1.54, 1.807) is 0 Å². The average molecular weight is 222 g/mol. The number of piperidine rings is 1. The molecule has 0 aliphatic carbocycles. The van der Waals surface area contributed by atoms with Crippen LogP contribution in [-0.4, -0.2) is 28.6 Å². The Hall–Kier alpha value is -0.335. The molecule has 16 heavy (non-hydrogen) atoms. The van der Waals surface area contributed by atoms with E-state index in [9.17, 15) is 0 Å². The fourth-order valence-corrected chi connectivity index (χ4v) is 2.56. The summed E-state index contributed by atoms with van der Waals surface area (Å²) in [6.45, 7) is 15.7. The molecular formula is C13H27BN2. The Morgan fingerprint density at radius 1 is 1.00 bits per heavy atom. The molecular weight excluding hydrogens is 195 g/mol. The standard InChI is InChI=1S/C13H27BN2/c1-11(2,3)15-14-16-12(4,5)9-8-10-13(16,6)7/h8-10H2,1-7H3. The monoisotopic (exact) mass is 222 g/mol. The molecule has 0 atom stereocenters. The van der Waals surface area contributed by atoms with Crippen molar-refractivity contribution in [2.24, 2.45) is 4.90 Å². The van der Waals surface area contributed by atoms with Gasteiger partial charge in [-0.15, -0.1) is 0 Å². The molecule has 0 aromatic rings. The van der Waals surface area contributed by atoms with Gasteiger partial charge in [0.25, 0.3) is 0 Å². The first-order valence-corrected chi connectivity index (χ1v) is 6.39. The fourth-order valence-electron chi connectivity index (χ4n) is 2.56. The van der Waals surface area contributed by atoms with Crippen molar-refractivity contribution < 1.29 is 0 Å². The normalized spacial score (nSPS) is 24.6. The molecule has 0 saturated carbocycles. The van der Waals surface area contributed by atoms with E-state index in [0.717, 1.165) is 0 Å². The summed E-state index contributed by atoms with van der Waals surface area (Å²) in [6.07, 6.45) is 3.83. The van der Waals surface area contributed by atoms with Gasteiger partial charge in [-0.1, -0.05) is 0 Å². The van der Waals surface area contributed by atoms with Crippen LogP contribution in [0, 0.1) is 0 Å². The van der Waals surface area contributed by atoms with Crippen molar-refractivity contribution in [2.75, 3.05) is 0 Å².